The van der Waals surface area contributed by atoms with E-state index in [0.29, 0.717) is 18.2 Å². The zero-order valence-corrected chi connectivity index (χ0v) is 10.8. The molecule has 0 aliphatic carbocycles. The molecule has 1 saturated heterocycles. The van der Waals surface area contributed by atoms with E-state index < -0.39 is 0 Å². The maximum absolute atomic E-state index is 5.88. The Hall–Kier alpha value is -0.0800. The summed E-state index contributed by atoms with van der Waals surface area (Å²) in [5.74, 6) is 0.727. The predicted octanol–water partition coefficient (Wildman–Crippen LogP) is 2.97. The summed E-state index contributed by atoms with van der Waals surface area (Å²) in [6, 6.07) is 0.662. The summed E-state index contributed by atoms with van der Waals surface area (Å²) in [4.78, 5) is 0. The summed E-state index contributed by atoms with van der Waals surface area (Å²) in [7, 11) is 0. The lowest BCUT2D eigenvalue weighted by molar-refractivity contribution is 0.0386. The van der Waals surface area contributed by atoms with Crippen LogP contribution in [0.2, 0.25) is 0 Å². The summed E-state index contributed by atoms with van der Waals surface area (Å²) in [6.45, 7) is 10.1. The van der Waals surface area contributed by atoms with Gasteiger partial charge in [-0.2, -0.15) is 0 Å². The van der Waals surface area contributed by atoms with Crippen LogP contribution in [0.25, 0.3) is 0 Å². The van der Waals surface area contributed by atoms with Crippen molar-refractivity contribution in [1.29, 1.82) is 0 Å². The topological polar surface area (TPSA) is 21.3 Å². The first kappa shape index (κ1) is 13.0. The summed E-state index contributed by atoms with van der Waals surface area (Å²) in [6.07, 6.45) is 5.94. The minimum atomic E-state index is 0.487. The van der Waals surface area contributed by atoms with E-state index in [1.54, 1.807) is 0 Å². The van der Waals surface area contributed by atoms with Crippen molar-refractivity contribution >= 4 is 0 Å². The molecule has 0 bridgehead atoms. The number of ether oxygens (including phenoxy) is 1. The highest BCUT2D eigenvalue weighted by atomic mass is 16.5. The fraction of sp³-hybridized carbons (Fsp3) is 1.00. The minimum Gasteiger partial charge on any atom is -0.375 e. The van der Waals surface area contributed by atoms with Crippen molar-refractivity contribution in [2.24, 2.45) is 5.92 Å². The molecular weight excluding hydrogens is 186 g/mol. The number of hydrogen-bond donors (Lipinski definition) is 1. The van der Waals surface area contributed by atoms with Gasteiger partial charge in [0.15, 0.2) is 0 Å². The highest BCUT2D eigenvalue weighted by molar-refractivity contribution is 4.78. The molecule has 15 heavy (non-hydrogen) atoms. The Morgan fingerprint density at radius 2 is 2.07 bits per heavy atom. The first-order valence-electron chi connectivity index (χ1n) is 6.56. The third-order valence-electron chi connectivity index (χ3n) is 3.55. The highest BCUT2D eigenvalue weighted by Crippen LogP contribution is 2.26. The zero-order chi connectivity index (χ0) is 11.3. The Balaban J connectivity index is 2.29. The maximum atomic E-state index is 5.88. The van der Waals surface area contributed by atoms with E-state index in [9.17, 15) is 0 Å². The molecule has 90 valence electrons. The first-order valence-corrected chi connectivity index (χ1v) is 6.56. The fourth-order valence-electron chi connectivity index (χ4n) is 2.65. The van der Waals surface area contributed by atoms with Crippen LogP contribution in [0.5, 0.6) is 0 Å². The minimum absolute atomic E-state index is 0.487. The Morgan fingerprint density at radius 3 is 2.53 bits per heavy atom. The smallest absolute Gasteiger partial charge is 0.0582 e. The maximum Gasteiger partial charge on any atom is 0.0582 e. The van der Waals surface area contributed by atoms with Gasteiger partial charge in [0, 0.05) is 6.04 Å². The van der Waals surface area contributed by atoms with E-state index in [2.05, 4.69) is 33.0 Å². The second-order valence-electron chi connectivity index (χ2n) is 4.93. The van der Waals surface area contributed by atoms with Gasteiger partial charge in [-0.25, -0.2) is 0 Å². The monoisotopic (exact) mass is 213 g/mol. The van der Waals surface area contributed by atoms with E-state index in [1.807, 2.05) is 0 Å². The summed E-state index contributed by atoms with van der Waals surface area (Å²) >= 11 is 0. The van der Waals surface area contributed by atoms with Crippen molar-refractivity contribution in [3.8, 4) is 0 Å². The van der Waals surface area contributed by atoms with Crippen LogP contribution in [-0.4, -0.2) is 24.8 Å². The van der Waals surface area contributed by atoms with Crippen LogP contribution in [0.1, 0.15) is 53.4 Å². The van der Waals surface area contributed by atoms with Crippen LogP contribution in [0.15, 0.2) is 0 Å². The van der Waals surface area contributed by atoms with E-state index in [-0.39, 0.29) is 0 Å². The quantitative estimate of drug-likeness (QED) is 0.732. The summed E-state index contributed by atoms with van der Waals surface area (Å²) in [5, 5.41) is 3.56. The number of hydrogen-bond acceptors (Lipinski definition) is 2. The highest BCUT2D eigenvalue weighted by Gasteiger charge is 2.25. The SMILES string of the molecule is CCNC(CC)C(C)CC1CCC(C)O1. The first-order chi connectivity index (χ1) is 7.17. The molecule has 0 saturated carbocycles. The van der Waals surface area contributed by atoms with Crippen molar-refractivity contribution < 1.29 is 4.74 Å². The lowest BCUT2D eigenvalue weighted by atomic mass is 9.92. The van der Waals surface area contributed by atoms with Crippen molar-refractivity contribution in [2.75, 3.05) is 6.54 Å². The third-order valence-corrected chi connectivity index (χ3v) is 3.55. The van der Waals surface area contributed by atoms with E-state index in [0.717, 1.165) is 12.5 Å². The molecule has 2 nitrogen and oxygen atoms in total. The van der Waals surface area contributed by atoms with Crippen molar-refractivity contribution in [3.63, 3.8) is 0 Å². The summed E-state index contributed by atoms with van der Waals surface area (Å²) in [5.41, 5.74) is 0. The van der Waals surface area contributed by atoms with Gasteiger partial charge < -0.3 is 10.1 Å². The fourth-order valence-corrected chi connectivity index (χ4v) is 2.65. The normalized spacial score (nSPS) is 30.4. The average Bonchev–Trinajstić information content (AvgIpc) is 2.60. The van der Waals surface area contributed by atoms with Gasteiger partial charge in [0.2, 0.25) is 0 Å². The molecule has 4 unspecified atom stereocenters. The average molecular weight is 213 g/mol. The predicted molar refractivity (Wildman–Crippen MR) is 65.1 cm³/mol. The standard InChI is InChI=1S/C13H27NO/c1-5-13(14-6-2)10(3)9-12-8-7-11(4)15-12/h10-14H,5-9H2,1-4H3. The molecule has 4 atom stereocenters. The zero-order valence-electron chi connectivity index (χ0n) is 10.8. The number of nitrogens with one attached hydrogen (secondary N) is 1. The molecule has 1 heterocycles. The van der Waals surface area contributed by atoms with Gasteiger partial charge in [-0.05, 0) is 45.1 Å². The van der Waals surface area contributed by atoms with Crippen molar-refractivity contribution in [1.82, 2.24) is 5.32 Å². The lowest BCUT2D eigenvalue weighted by Gasteiger charge is -2.25. The van der Waals surface area contributed by atoms with Gasteiger partial charge in [0.1, 0.15) is 0 Å². The van der Waals surface area contributed by atoms with Gasteiger partial charge in [-0.15, -0.1) is 0 Å². The largest absolute Gasteiger partial charge is 0.375 e. The van der Waals surface area contributed by atoms with Crippen LogP contribution in [-0.2, 0) is 4.74 Å². The molecule has 0 aromatic heterocycles. The van der Waals surface area contributed by atoms with E-state index in [1.165, 1.54) is 25.7 Å². The second kappa shape index (κ2) is 6.49. The molecule has 2 heteroatoms. The van der Waals surface area contributed by atoms with Crippen molar-refractivity contribution in [3.05, 3.63) is 0 Å². The van der Waals surface area contributed by atoms with Gasteiger partial charge in [0.05, 0.1) is 12.2 Å². The molecule has 0 spiro atoms. The Morgan fingerprint density at radius 1 is 1.33 bits per heavy atom. The molecule has 0 aromatic carbocycles. The van der Waals surface area contributed by atoms with E-state index in [4.69, 9.17) is 4.74 Å². The van der Waals surface area contributed by atoms with E-state index >= 15 is 0 Å². The lowest BCUT2D eigenvalue weighted by Crippen LogP contribution is -2.35. The molecule has 1 aliphatic rings. The number of rotatable bonds is 6. The van der Waals surface area contributed by atoms with Gasteiger partial charge in [0.25, 0.3) is 0 Å². The van der Waals surface area contributed by atoms with Crippen molar-refractivity contribution in [2.45, 2.75) is 71.6 Å². The second-order valence-corrected chi connectivity index (χ2v) is 4.93. The van der Waals surface area contributed by atoms with Gasteiger partial charge >= 0.3 is 0 Å². The molecule has 0 radical (unpaired) electrons. The van der Waals surface area contributed by atoms with Crippen LogP contribution >= 0.6 is 0 Å². The Labute approximate surface area is 94.8 Å². The molecule has 0 aromatic rings. The van der Waals surface area contributed by atoms with Crippen LogP contribution < -0.4 is 5.32 Å². The molecule has 0 amide bonds. The van der Waals surface area contributed by atoms with Crippen LogP contribution in [0.3, 0.4) is 0 Å². The molecule has 1 fully saturated rings. The third kappa shape index (κ3) is 4.12. The molecular formula is C13H27NO. The Kier molecular flexibility index (Phi) is 5.62. The molecule has 1 rings (SSSR count). The molecule has 1 aliphatic heterocycles. The van der Waals surface area contributed by atoms with Gasteiger partial charge in [-0.3, -0.25) is 0 Å². The Bertz CT molecular complexity index is 172. The van der Waals surface area contributed by atoms with Gasteiger partial charge in [-0.1, -0.05) is 20.8 Å². The molecule has 1 N–H and O–H groups in total. The summed E-state index contributed by atoms with van der Waals surface area (Å²) < 4.78 is 5.88. The van der Waals surface area contributed by atoms with Crippen LogP contribution in [0, 0.1) is 5.92 Å². The van der Waals surface area contributed by atoms with Crippen LogP contribution in [0.4, 0.5) is 0 Å².